The predicted molar refractivity (Wildman–Crippen MR) is 87.3 cm³/mol. The Hall–Kier alpha value is -2.11. The molecule has 0 bridgehead atoms. The Balaban J connectivity index is 1.83. The van der Waals surface area contributed by atoms with Gasteiger partial charge in [0.1, 0.15) is 0 Å². The maximum Gasteiger partial charge on any atom is 0.254 e. The van der Waals surface area contributed by atoms with E-state index in [1.165, 1.54) is 19.2 Å². The Kier molecular flexibility index (Phi) is 4.47. The second-order valence-corrected chi connectivity index (χ2v) is 6.77. The van der Waals surface area contributed by atoms with Gasteiger partial charge in [0, 0.05) is 31.1 Å². The summed E-state index contributed by atoms with van der Waals surface area (Å²) in [5.74, 6) is -0.858. The molecule has 0 radical (unpaired) electrons. The molecular formula is C18H23FN2O3. The number of methoxy groups -OCH3 is 1. The molecule has 1 saturated heterocycles. The first kappa shape index (κ1) is 16.7. The van der Waals surface area contributed by atoms with Gasteiger partial charge >= 0.3 is 0 Å². The van der Waals surface area contributed by atoms with Crippen LogP contribution < -0.4 is 10.1 Å². The molecule has 1 unspecified atom stereocenters. The molecule has 6 heteroatoms. The summed E-state index contributed by atoms with van der Waals surface area (Å²) in [6.45, 7) is 0.962. The molecule has 3 rings (SSSR count). The number of benzene rings is 1. The lowest BCUT2D eigenvalue weighted by Crippen LogP contribution is -2.38. The van der Waals surface area contributed by atoms with Crippen LogP contribution in [0.1, 0.15) is 36.0 Å². The molecule has 1 aliphatic carbocycles. The molecule has 0 aromatic heterocycles. The molecule has 2 amide bonds. The summed E-state index contributed by atoms with van der Waals surface area (Å²) in [7, 11) is 3.02. The van der Waals surface area contributed by atoms with Crippen molar-refractivity contribution in [1.29, 1.82) is 0 Å². The summed E-state index contributed by atoms with van der Waals surface area (Å²) in [5, 5.41) is 2.73. The lowest BCUT2D eigenvalue weighted by molar-refractivity contribution is -0.127. The van der Waals surface area contributed by atoms with Crippen molar-refractivity contribution in [3.05, 3.63) is 29.6 Å². The van der Waals surface area contributed by atoms with Gasteiger partial charge in [0.25, 0.3) is 5.91 Å². The van der Waals surface area contributed by atoms with Gasteiger partial charge in [0.2, 0.25) is 5.91 Å². The SMILES string of the molecule is CNC(=O)C1CN(C(=O)c2ccc(OC)c(F)c2)CC12CCCC2. The van der Waals surface area contributed by atoms with Crippen LogP contribution in [0.2, 0.25) is 0 Å². The third kappa shape index (κ3) is 2.74. The molecule has 2 aliphatic rings. The highest BCUT2D eigenvalue weighted by molar-refractivity contribution is 5.95. The average Bonchev–Trinajstić information content (AvgIpc) is 3.21. The Morgan fingerprint density at radius 3 is 2.62 bits per heavy atom. The first-order valence-corrected chi connectivity index (χ1v) is 8.35. The maximum atomic E-state index is 13.9. The van der Waals surface area contributed by atoms with Crippen LogP contribution in [-0.4, -0.2) is 44.0 Å². The van der Waals surface area contributed by atoms with Gasteiger partial charge in [-0.15, -0.1) is 0 Å². The molecule has 1 aromatic carbocycles. The van der Waals surface area contributed by atoms with Crippen molar-refractivity contribution in [1.82, 2.24) is 10.2 Å². The fraction of sp³-hybridized carbons (Fsp3) is 0.556. The average molecular weight is 334 g/mol. The molecule has 1 heterocycles. The smallest absolute Gasteiger partial charge is 0.254 e. The second kappa shape index (κ2) is 6.42. The quantitative estimate of drug-likeness (QED) is 0.922. The fourth-order valence-corrected chi connectivity index (χ4v) is 4.23. The zero-order valence-corrected chi connectivity index (χ0v) is 14.1. The highest BCUT2D eigenvalue weighted by Crippen LogP contribution is 2.49. The van der Waals surface area contributed by atoms with Gasteiger partial charge in [0.05, 0.1) is 13.0 Å². The summed E-state index contributed by atoms with van der Waals surface area (Å²) < 4.78 is 18.8. The van der Waals surface area contributed by atoms with Gasteiger partial charge in [-0.3, -0.25) is 9.59 Å². The molecule has 130 valence electrons. The number of carbonyl (C=O) groups is 2. The van der Waals surface area contributed by atoms with E-state index >= 15 is 0 Å². The van der Waals surface area contributed by atoms with Gasteiger partial charge in [-0.1, -0.05) is 12.8 Å². The minimum absolute atomic E-state index is 0.00638. The van der Waals surface area contributed by atoms with Crippen LogP contribution in [0.4, 0.5) is 4.39 Å². The lowest BCUT2D eigenvalue weighted by Gasteiger charge is -2.28. The molecule has 1 aliphatic heterocycles. The van der Waals surface area contributed by atoms with E-state index in [1.807, 2.05) is 0 Å². The van der Waals surface area contributed by atoms with E-state index in [0.717, 1.165) is 25.7 Å². The Morgan fingerprint density at radius 2 is 2.04 bits per heavy atom. The largest absolute Gasteiger partial charge is 0.494 e. The number of rotatable bonds is 3. The first-order valence-electron chi connectivity index (χ1n) is 8.35. The van der Waals surface area contributed by atoms with Crippen LogP contribution in [0.3, 0.4) is 0 Å². The van der Waals surface area contributed by atoms with Gasteiger partial charge < -0.3 is 15.0 Å². The number of hydrogen-bond acceptors (Lipinski definition) is 3. The van der Waals surface area contributed by atoms with Crippen LogP contribution in [0, 0.1) is 17.2 Å². The summed E-state index contributed by atoms with van der Waals surface area (Å²) >= 11 is 0. The summed E-state index contributed by atoms with van der Waals surface area (Å²) in [6, 6.07) is 4.23. The third-order valence-corrected chi connectivity index (χ3v) is 5.50. The van der Waals surface area contributed by atoms with Crippen LogP contribution in [0.5, 0.6) is 5.75 Å². The zero-order chi connectivity index (χ0) is 17.3. The van der Waals surface area contributed by atoms with Crippen molar-refractivity contribution < 1.29 is 18.7 Å². The highest BCUT2D eigenvalue weighted by Gasteiger charge is 2.52. The van der Waals surface area contributed by atoms with Crippen molar-refractivity contribution >= 4 is 11.8 Å². The number of halogens is 1. The lowest BCUT2D eigenvalue weighted by atomic mass is 9.76. The minimum Gasteiger partial charge on any atom is -0.494 e. The molecule has 24 heavy (non-hydrogen) atoms. The van der Waals surface area contributed by atoms with Crippen LogP contribution >= 0.6 is 0 Å². The Bertz CT molecular complexity index is 656. The van der Waals surface area contributed by atoms with E-state index < -0.39 is 5.82 Å². The maximum absolute atomic E-state index is 13.9. The van der Waals surface area contributed by atoms with E-state index in [1.54, 1.807) is 18.0 Å². The van der Waals surface area contributed by atoms with Gasteiger partial charge in [0.15, 0.2) is 11.6 Å². The van der Waals surface area contributed by atoms with Crippen molar-refractivity contribution in [2.75, 3.05) is 27.2 Å². The van der Waals surface area contributed by atoms with Gasteiger partial charge in [-0.25, -0.2) is 4.39 Å². The molecule has 1 spiro atoms. The summed E-state index contributed by atoms with van der Waals surface area (Å²) in [6.07, 6.45) is 4.11. The zero-order valence-electron chi connectivity index (χ0n) is 14.1. The fourth-order valence-electron chi connectivity index (χ4n) is 4.23. The Labute approximate surface area is 141 Å². The molecule has 5 nitrogen and oxygen atoms in total. The van der Waals surface area contributed by atoms with E-state index in [4.69, 9.17) is 4.74 Å². The van der Waals surface area contributed by atoms with Gasteiger partial charge in [-0.05, 0) is 31.0 Å². The van der Waals surface area contributed by atoms with Crippen LogP contribution in [0.15, 0.2) is 18.2 Å². The number of hydrogen-bond donors (Lipinski definition) is 1. The Morgan fingerprint density at radius 1 is 1.33 bits per heavy atom. The van der Waals surface area contributed by atoms with Crippen LogP contribution in [0.25, 0.3) is 0 Å². The van der Waals surface area contributed by atoms with Crippen molar-refractivity contribution in [2.24, 2.45) is 11.3 Å². The van der Waals surface area contributed by atoms with Crippen molar-refractivity contribution in [2.45, 2.75) is 25.7 Å². The molecule has 1 N–H and O–H groups in total. The third-order valence-electron chi connectivity index (χ3n) is 5.50. The number of likely N-dealkylation sites (tertiary alicyclic amines) is 1. The highest BCUT2D eigenvalue weighted by atomic mass is 19.1. The molecule has 1 atom stereocenters. The van der Waals surface area contributed by atoms with Gasteiger partial charge in [-0.2, -0.15) is 0 Å². The summed E-state index contributed by atoms with van der Waals surface area (Å²) in [5.41, 5.74) is 0.167. The molecule has 1 saturated carbocycles. The first-order chi connectivity index (χ1) is 11.5. The standard InChI is InChI=1S/C18H23FN2O3/c1-20-16(22)13-10-21(11-18(13)7-3-4-8-18)17(23)12-5-6-15(24-2)14(19)9-12/h5-6,9,13H,3-4,7-8,10-11H2,1-2H3,(H,20,22). The topological polar surface area (TPSA) is 58.6 Å². The summed E-state index contributed by atoms with van der Waals surface area (Å²) in [4.78, 5) is 26.8. The number of amides is 2. The number of nitrogens with one attached hydrogen (secondary N) is 1. The predicted octanol–water partition coefficient (Wildman–Crippen LogP) is 2.21. The van der Waals surface area contributed by atoms with E-state index in [2.05, 4.69) is 5.32 Å². The van der Waals surface area contributed by atoms with E-state index in [-0.39, 0.29) is 28.9 Å². The number of carbonyl (C=O) groups excluding carboxylic acids is 2. The minimum atomic E-state index is -0.555. The number of nitrogens with zero attached hydrogens (tertiary/aromatic N) is 1. The van der Waals surface area contributed by atoms with Crippen LogP contribution in [-0.2, 0) is 4.79 Å². The van der Waals surface area contributed by atoms with E-state index in [0.29, 0.717) is 18.7 Å². The molecule has 2 fully saturated rings. The normalized spacial score (nSPS) is 22.0. The molecule has 1 aromatic rings. The number of ether oxygens (including phenoxy) is 1. The van der Waals surface area contributed by atoms with Crippen molar-refractivity contribution in [3.63, 3.8) is 0 Å². The molecular weight excluding hydrogens is 311 g/mol. The van der Waals surface area contributed by atoms with Crippen molar-refractivity contribution in [3.8, 4) is 5.75 Å². The van der Waals surface area contributed by atoms with E-state index in [9.17, 15) is 14.0 Å². The monoisotopic (exact) mass is 334 g/mol. The second-order valence-electron chi connectivity index (χ2n) is 6.77.